The quantitative estimate of drug-likeness (QED) is 0.442. The van der Waals surface area contributed by atoms with Crippen molar-refractivity contribution in [2.24, 2.45) is 0 Å². The Balaban J connectivity index is 1.66. The molecule has 0 unspecified atom stereocenters. The summed E-state index contributed by atoms with van der Waals surface area (Å²) in [5.41, 5.74) is 2.13. The van der Waals surface area contributed by atoms with Crippen molar-refractivity contribution in [1.29, 1.82) is 0 Å². The zero-order valence-corrected chi connectivity index (χ0v) is 16.1. The van der Waals surface area contributed by atoms with Crippen LogP contribution in [0.2, 0.25) is 5.02 Å². The van der Waals surface area contributed by atoms with Gasteiger partial charge in [0.05, 0.1) is 12.3 Å². The lowest BCUT2D eigenvalue weighted by atomic mass is 10.2. The van der Waals surface area contributed by atoms with Gasteiger partial charge in [0.25, 0.3) is 0 Å². The van der Waals surface area contributed by atoms with Gasteiger partial charge in [0.1, 0.15) is 0 Å². The summed E-state index contributed by atoms with van der Waals surface area (Å²) in [7, 11) is 0. The molecule has 0 saturated carbocycles. The van der Waals surface area contributed by atoms with Crippen LogP contribution in [-0.4, -0.2) is 25.0 Å². The Hall–Kier alpha value is -2.64. The van der Waals surface area contributed by atoms with Gasteiger partial charge in [-0.2, -0.15) is 0 Å². The van der Waals surface area contributed by atoms with E-state index in [9.17, 15) is 0 Å². The van der Waals surface area contributed by atoms with E-state index in [-0.39, 0.29) is 0 Å². The number of aryl methyl sites for hydroxylation is 1. The summed E-state index contributed by atoms with van der Waals surface area (Å²) in [5, 5.41) is 18.2. The highest BCUT2D eigenvalue weighted by Crippen LogP contribution is 2.27. The summed E-state index contributed by atoms with van der Waals surface area (Å²) < 4.78 is 7.54. The van der Waals surface area contributed by atoms with Crippen LogP contribution < -0.4 is 0 Å². The minimum absolute atomic E-state index is 0.536. The first-order chi connectivity index (χ1) is 13.2. The van der Waals surface area contributed by atoms with Gasteiger partial charge in [0, 0.05) is 17.5 Å². The Bertz CT molecular complexity index is 1030. The first kappa shape index (κ1) is 17.8. The molecule has 0 radical (unpaired) electrons. The van der Waals surface area contributed by atoms with Gasteiger partial charge in [-0.05, 0) is 29.8 Å². The molecule has 0 spiro atoms. The topological polar surface area (TPSA) is 69.6 Å². The highest BCUT2D eigenvalue weighted by atomic mass is 35.5. The fourth-order valence-electron chi connectivity index (χ4n) is 2.64. The maximum atomic E-state index is 6.02. The van der Waals surface area contributed by atoms with E-state index < -0.39 is 0 Å². The lowest BCUT2D eigenvalue weighted by Crippen LogP contribution is -2.04. The molecule has 0 atom stereocenters. The Morgan fingerprint density at radius 3 is 2.44 bits per heavy atom. The zero-order chi connectivity index (χ0) is 18.6. The number of halogens is 1. The summed E-state index contributed by atoms with van der Waals surface area (Å²) in [5.74, 6) is 2.45. The molecule has 2 aromatic carbocycles. The van der Waals surface area contributed by atoms with E-state index >= 15 is 0 Å². The molecule has 0 aliphatic heterocycles. The van der Waals surface area contributed by atoms with Crippen LogP contribution in [0.3, 0.4) is 0 Å². The molecule has 0 aliphatic carbocycles. The molecule has 0 fully saturated rings. The molecule has 0 amide bonds. The average Bonchev–Trinajstić information content (AvgIpc) is 3.28. The molecular weight excluding hydrogens is 382 g/mol. The van der Waals surface area contributed by atoms with Crippen molar-refractivity contribution in [1.82, 2.24) is 25.0 Å². The molecule has 0 saturated heterocycles. The molecule has 0 aliphatic rings. The molecule has 4 rings (SSSR count). The lowest BCUT2D eigenvalue weighted by molar-refractivity contribution is 0.485. The minimum Gasteiger partial charge on any atom is -0.425 e. The van der Waals surface area contributed by atoms with Crippen LogP contribution in [0.4, 0.5) is 0 Å². The molecule has 2 heterocycles. The maximum Gasteiger partial charge on any atom is 0.226 e. The predicted octanol–water partition coefficient (Wildman–Crippen LogP) is 4.63. The molecule has 27 heavy (non-hydrogen) atoms. The Morgan fingerprint density at radius 2 is 1.74 bits per heavy atom. The zero-order valence-electron chi connectivity index (χ0n) is 14.5. The van der Waals surface area contributed by atoms with Crippen molar-refractivity contribution in [3.05, 3.63) is 77.0 Å². The van der Waals surface area contributed by atoms with Crippen LogP contribution in [0.5, 0.6) is 0 Å². The largest absolute Gasteiger partial charge is 0.425 e. The van der Waals surface area contributed by atoms with Crippen LogP contribution in [0.1, 0.15) is 17.3 Å². The summed E-state index contributed by atoms with van der Waals surface area (Å²) in [6.45, 7) is 2.44. The SMILES string of the molecule is Cc1nnc(CSc2nnc(-c3ccc(Cl)cc3)n2Cc2ccccc2)o1. The normalized spacial score (nSPS) is 11.0. The van der Waals surface area contributed by atoms with Crippen molar-refractivity contribution in [2.45, 2.75) is 24.4 Å². The number of hydrogen-bond acceptors (Lipinski definition) is 6. The second kappa shape index (κ2) is 7.94. The first-order valence-electron chi connectivity index (χ1n) is 8.34. The highest BCUT2D eigenvalue weighted by Gasteiger charge is 2.16. The molecule has 4 aromatic rings. The van der Waals surface area contributed by atoms with Crippen molar-refractivity contribution in [3.63, 3.8) is 0 Å². The third-order valence-corrected chi connectivity index (χ3v) is 5.10. The smallest absolute Gasteiger partial charge is 0.226 e. The van der Waals surface area contributed by atoms with Gasteiger partial charge in [-0.25, -0.2) is 0 Å². The molecule has 2 aromatic heterocycles. The third kappa shape index (κ3) is 4.20. The van der Waals surface area contributed by atoms with E-state index in [0.29, 0.717) is 29.1 Å². The fraction of sp³-hybridized carbons (Fsp3) is 0.158. The van der Waals surface area contributed by atoms with Gasteiger partial charge in [0.15, 0.2) is 11.0 Å². The molecule has 6 nitrogen and oxygen atoms in total. The maximum absolute atomic E-state index is 6.02. The van der Waals surface area contributed by atoms with Crippen LogP contribution >= 0.6 is 23.4 Å². The van der Waals surface area contributed by atoms with Crippen molar-refractivity contribution in [2.75, 3.05) is 0 Å². The Kier molecular flexibility index (Phi) is 5.22. The van der Waals surface area contributed by atoms with Gasteiger partial charge >= 0.3 is 0 Å². The van der Waals surface area contributed by atoms with Crippen LogP contribution in [-0.2, 0) is 12.3 Å². The second-order valence-electron chi connectivity index (χ2n) is 5.89. The third-order valence-electron chi connectivity index (χ3n) is 3.90. The van der Waals surface area contributed by atoms with E-state index in [4.69, 9.17) is 16.0 Å². The van der Waals surface area contributed by atoms with Crippen LogP contribution in [0.25, 0.3) is 11.4 Å². The van der Waals surface area contributed by atoms with Gasteiger partial charge in [0.2, 0.25) is 11.8 Å². The van der Waals surface area contributed by atoms with E-state index in [2.05, 4.69) is 37.1 Å². The highest BCUT2D eigenvalue weighted by molar-refractivity contribution is 7.98. The van der Waals surface area contributed by atoms with Gasteiger partial charge in [-0.15, -0.1) is 20.4 Å². The van der Waals surface area contributed by atoms with Crippen LogP contribution in [0, 0.1) is 6.92 Å². The number of benzene rings is 2. The molecule has 8 heteroatoms. The first-order valence-corrected chi connectivity index (χ1v) is 9.70. The number of thioether (sulfide) groups is 1. The average molecular weight is 398 g/mol. The molecule has 0 N–H and O–H groups in total. The van der Waals surface area contributed by atoms with E-state index in [1.807, 2.05) is 42.5 Å². The van der Waals surface area contributed by atoms with Gasteiger partial charge in [-0.1, -0.05) is 53.7 Å². The van der Waals surface area contributed by atoms with Crippen molar-refractivity contribution in [3.8, 4) is 11.4 Å². The van der Waals surface area contributed by atoms with Crippen molar-refractivity contribution >= 4 is 23.4 Å². The number of nitrogens with zero attached hydrogens (tertiary/aromatic N) is 5. The standard InChI is InChI=1S/C19H16ClN5OS/c1-13-21-22-17(26-13)12-27-19-24-23-18(15-7-9-16(20)10-8-15)25(19)11-14-5-3-2-4-6-14/h2-10H,11-12H2,1H3. The van der Waals surface area contributed by atoms with E-state index in [1.165, 1.54) is 17.3 Å². The van der Waals surface area contributed by atoms with Crippen LogP contribution in [0.15, 0.2) is 64.2 Å². The van der Waals surface area contributed by atoms with E-state index in [0.717, 1.165) is 16.5 Å². The number of hydrogen-bond donors (Lipinski definition) is 0. The summed E-state index contributed by atoms with van der Waals surface area (Å²) in [4.78, 5) is 0. The summed E-state index contributed by atoms with van der Waals surface area (Å²) in [6.07, 6.45) is 0. The number of rotatable bonds is 6. The monoisotopic (exact) mass is 397 g/mol. The molecular formula is C19H16ClN5OS. The predicted molar refractivity (Wildman–Crippen MR) is 105 cm³/mol. The van der Waals surface area contributed by atoms with Gasteiger partial charge < -0.3 is 4.42 Å². The van der Waals surface area contributed by atoms with Crippen molar-refractivity contribution < 1.29 is 4.42 Å². The Labute approximate surface area is 165 Å². The number of aromatic nitrogens is 5. The fourth-order valence-corrected chi connectivity index (χ4v) is 3.54. The minimum atomic E-state index is 0.536. The second-order valence-corrected chi connectivity index (χ2v) is 7.27. The lowest BCUT2D eigenvalue weighted by Gasteiger charge is -2.10. The van der Waals surface area contributed by atoms with E-state index in [1.54, 1.807) is 6.92 Å². The Morgan fingerprint density at radius 1 is 0.963 bits per heavy atom. The molecule has 136 valence electrons. The summed E-state index contributed by atoms with van der Waals surface area (Å²) >= 11 is 7.54. The van der Waals surface area contributed by atoms with Gasteiger partial charge in [-0.3, -0.25) is 4.57 Å². The molecule has 0 bridgehead atoms. The summed E-state index contributed by atoms with van der Waals surface area (Å²) in [6, 6.07) is 17.8.